The summed E-state index contributed by atoms with van der Waals surface area (Å²) in [6.07, 6.45) is 0. The van der Waals surface area contributed by atoms with Crippen molar-refractivity contribution in [3.63, 3.8) is 0 Å². The molecule has 0 aromatic carbocycles. The number of nitrogens with zero attached hydrogens (tertiary/aromatic N) is 3. The summed E-state index contributed by atoms with van der Waals surface area (Å²) in [5.74, 6) is 0.314. The Morgan fingerprint density at radius 1 is 1.39 bits per heavy atom. The van der Waals surface area contributed by atoms with E-state index in [1.54, 1.807) is 0 Å². The van der Waals surface area contributed by atoms with Gasteiger partial charge in [0, 0.05) is 25.2 Å². The summed E-state index contributed by atoms with van der Waals surface area (Å²) in [6, 6.07) is 0.669. The second-order valence-corrected chi connectivity index (χ2v) is 6.08. The van der Waals surface area contributed by atoms with Crippen molar-refractivity contribution in [3.05, 3.63) is 10.6 Å². The van der Waals surface area contributed by atoms with E-state index in [9.17, 15) is 4.79 Å². The van der Waals surface area contributed by atoms with Crippen LogP contribution in [0.2, 0.25) is 0 Å². The Morgan fingerprint density at radius 2 is 2.00 bits per heavy atom. The minimum absolute atomic E-state index is 0.0777. The summed E-state index contributed by atoms with van der Waals surface area (Å²) >= 11 is 1.21. The minimum atomic E-state index is 0.0777. The van der Waals surface area contributed by atoms with Crippen LogP contribution in [0.25, 0.3) is 0 Å². The number of carbonyl (C=O) groups is 1. The van der Waals surface area contributed by atoms with Gasteiger partial charge in [0.15, 0.2) is 0 Å². The van der Waals surface area contributed by atoms with E-state index >= 15 is 0 Å². The van der Waals surface area contributed by atoms with Crippen molar-refractivity contribution in [1.82, 2.24) is 19.8 Å². The summed E-state index contributed by atoms with van der Waals surface area (Å²) < 4.78 is 3.93. The third-order valence-electron chi connectivity index (χ3n) is 3.10. The van der Waals surface area contributed by atoms with E-state index in [1.165, 1.54) is 11.5 Å². The van der Waals surface area contributed by atoms with Gasteiger partial charge in [0.1, 0.15) is 4.88 Å². The van der Waals surface area contributed by atoms with Crippen LogP contribution in [0.4, 0.5) is 0 Å². The maximum Gasteiger partial charge on any atom is 0.267 e. The molecule has 2 unspecified atom stereocenters. The predicted molar refractivity (Wildman–Crippen MR) is 72.0 cm³/mol. The number of piperazine rings is 1. The number of carbonyl (C=O) groups excluding carboxylic acids is 1. The van der Waals surface area contributed by atoms with Crippen LogP contribution in [0, 0.1) is 0 Å². The van der Waals surface area contributed by atoms with E-state index in [0.29, 0.717) is 17.0 Å². The fourth-order valence-corrected chi connectivity index (χ4v) is 3.15. The average Bonchev–Trinajstić information content (AvgIpc) is 2.75. The van der Waals surface area contributed by atoms with Crippen LogP contribution in [0.15, 0.2) is 0 Å². The summed E-state index contributed by atoms with van der Waals surface area (Å²) in [4.78, 5) is 15.1. The first-order valence-electron chi connectivity index (χ1n) is 6.36. The van der Waals surface area contributed by atoms with Gasteiger partial charge in [-0.15, -0.1) is 5.10 Å². The highest BCUT2D eigenvalue weighted by Crippen LogP contribution is 2.22. The number of hydrogen-bond acceptors (Lipinski definition) is 5. The van der Waals surface area contributed by atoms with Gasteiger partial charge in [-0.3, -0.25) is 4.79 Å². The smallest absolute Gasteiger partial charge is 0.267 e. The predicted octanol–water partition coefficient (Wildman–Crippen LogP) is 1.48. The van der Waals surface area contributed by atoms with Crippen LogP contribution in [0.3, 0.4) is 0 Å². The van der Waals surface area contributed by atoms with Gasteiger partial charge >= 0.3 is 0 Å². The van der Waals surface area contributed by atoms with E-state index < -0.39 is 0 Å². The Morgan fingerprint density at radius 3 is 2.56 bits per heavy atom. The standard InChI is InChI=1S/C12H20N4OS/c1-7(2)10-11(18-15-14-10)12(17)16-5-8(3)13-9(4)6-16/h7-9,13H,5-6H2,1-4H3. The second-order valence-electron chi connectivity index (χ2n) is 5.32. The van der Waals surface area contributed by atoms with Gasteiger partial charge in [0.2, 0.25) is 0 Å². The first-order valence-corrected chi connectivity index (χ1v) is 7.14. The molecular weight excluding hydrogens is 248 g/mol. The van der Waals surface area contributed by atoms with Crippen LogP contribution < -0.4 is 5.32 Å². The van der Waals surface area contributed by atoms with E-state index in [4.69, 9.17) is 0 Å². The van der Waals surface area contributed by atoms with Gasteiger partial charge in [-0.1, -0.05) is 18.3 Å². The molecule has 5 nitrogen and oxygen atoms in total. The van der Waals surface area contributed by atoms with Crippen molar-refractivity contribution < 1.29 is 4.79 Å². The zero-order chi connectivity index (χ0) is 13.3. The Bertz CT molecular complexity index is 421. The van der Waals surface area contributed by atoms with Crippen molar-refractivity contribution in [3.8, 4) is 0 Å². The molecule has 2 heterocycles. The van der Waals surface area contributed by atoms with Gasteiger partial charge in [0.25, 0.3) is 5.91 Å². The monoisotopic (exact) mass is 268 g/mol. The Kier molecular flexibility index (Phi) is 3.97. The number of rotatable bonds is 2. The van der Waals surface area contributed by atoms with E-state index in [1.807, 2.05) is 18.7 Å². The molecule has 1 aliphatic heterocycles. The normalized spacial score (nSPS) is 24.6. The molecular formula is C12H20N4OS. The molecule has 100 valence electrons. The van der Waals surface area contributed by atoms with Crippen LogP contribution >= 0.6 is 11.5 Å². The first-order chi connectivity index (χ1) is 8.49. The largest absolute Gasteiger partial charge is 0.335 e. The fraction of sp³-hybridized carbons (Fsp3) is 0.750. The molecule has 0 aliphatic carbocycles. The molecule has 1 amide bonds. The molecule has 0 radical (unpaired) electrons. The number of nitrogens with one attached hydrogen (secondary N) is 1. The Labute approximate surface area is 112 Å². The molecule has 0 saturated carbocycles. The molecule has 1 aromatic rings. The lowest BCUT2D eigenvalue weighted by Gasteiger charge is -2.36. The lowest BCUT2D eigenvalue weighted by atomic mass is 10.1. The molecule has 2 atom stereocenters. The Hall–Kier alpha value is -1.01. The number of hydrogen-bond donors (Lipinski definition) is 1. The van der Waals surface area contributed by atoms with Crippen molar-refractivity contribution in [1.29, 1.82) is 0 Å². The van der Waals surface area contributed by atoms with Crippen LogP contribution in [0.1, 0.15) is 49.0 Å². The highest BCUT2D eigenvalue weighted by Gasteiger charge is 2.29. The van der Waals surface area contributed by atoms with Gasteiger partial charge in [-0.05, 0) is 31.3 Å². The lowest BCUT2D eigenvalue weighted by molar-refractivity contribution is 0.0677. The highest BCUT2D eigenvalue weighted by atomic mass is 32.1. The van der Waals surface area contributed by atoms with Crippen molar-refractivity contribution in [2.45, 2.75) is 45.7 Å². The summed E-state index contributed by atoms with van der Waals surface area (Å²) in [5.41, 5.74) is 0.823. The van der Waals surface area contributed by atoms with Gasteiger partial charge in [-0.2, -0.15) is 0 Å². The van der Waals surface area contributed by atoms with Crippen LogP contribution in [0.5, 0.6) is 0 Å². The SMILES string of the molecule is CC1CN(C(=O)c2snnc2C(C)C)CC(C)N1. The minimum Gasteiger partial charge on any atom is -0.335 e. The summed E-state index contributed by atoms with van der Waals surface area (Å²) in [5, 5.41) is 7.50. The summed E-state index contributed by atoms with van der Waals surface area (Å²) in [6.45, 7) is 9.78. The zero-order valence-electron chi connectivity index (χ0n) is 11.3. The third-order valence-corrected chi connectivity index (χ3v) is 3.83. The van der Waals surface area contributed by atoms with Gasteiger partial charge in [-0.25, -0.2) is 0 Å². The maximum absolute atomic E-state index is 12.5. The first kappa shape index (κ1) is 13.4. The van der Waals surface area contributed by atoms with E-state index in [2.05, 4.69) is 28.8 Å². The molecule has 18 heavy (non-hydrogen) atoms. The molecule has 2 rings (SSSR count). The van der Waals surface area contributed by atoms with Gasteiger partial charge in [0.05, 0.1) is 5.69 Å². The van der Waals surface area contributed by atoms with Crippen LogP contribution in [-0.4, -0.2) is 45.6 Å². The fourth-order valence-electron chi connectivity index (χ4n) is 2.36. The molecule has 6 heteroatoms. The number of amides is 1. The molecule has 0 spiro atoms. The van der Waals surface area contributed by atoms with E-state index in [0.717, 1.165) is 18.8 Å². The second kappa shape index (κ2) is 5.32. The van der Waals surface area contributed by atoms with Crippen molar-refractivity contribution in [2.24, 2.45) is 0 Å². The highest BCUT2D eigenvalue weighted by molar-refractivity contribution is 7.08. The summed E-state index contributed by atoms with van der Waals surface area (Å²) in [7, 11) is 0. The molecule has 1 aromatic heterocycles. The van der Waals surface area contributed by atoms with Crippen molar-refractivity contribution >= 4 is 17.4 Å². The lowest BCUT2D eigenvalue weighted by Crippen LogP contribution is -2.55. The topological polar surface area (TPSA) is 58.1 Å². The zero-order valence-corrected chi connectivity index (χ0v) is 12.1. The van der Waals surface area contributed by atoms with Crippen molar-refractivity contribution in [2.75, 3.05) is 13.1 Å². The van der Waals surface area contributed by atoms with E-state index in [-0.39, 0.29) is 11.8 Å². The molecule has 1 N–H and O–H groups in total. The molecule has 0 bridgehead atoms. The molecule has 1 fully saturated rings. The van der Waals surface area contributed by atoms with Crippen LogP contribution in [-0.2, 0) is 0 Å². The molecule has 1 aliphatic rings. The maximum atomic E-state index is 12.5. The quantitative estimate of drug-likeness (QED) is 0.883. The third kappa shape index (κ3) is 2.70. The average molecular weight is 268 g/mol. The number of aromatic nitrogens is 2. The molecule has 1 saturated heterocycles. The Balaban J connectivity index is 2.18. The van der Waals surface area contributed by atoms with Gasteiger partial charge < -0.3 is 10.2 Å².